The van der Waals surface area contributed by atoms with Crippen LogP contribution in [0.25, 0.3) is 20.9 Å². The fourth-order valence-corrected chi connectivity index (χ4v) is 3.03. The Morgan fingerprint density at radius 3 is 1.45 bits per heavy atom. The number of carbonyl (C=O) groups excluding carboxylic acids is 2. The second kappa shape index (κ2) is 12.7. The Kier molecular flexibility index (Phi) is 9.73. The number of rotatable bonds is 12. The van der Waals surface area contributed by atoms with Crippen molar-refractivity contribution in [1.82, 2.24) is 0 Å². The highest BCUT2D eigenvalue weighted by Crippen LogP contribution is 2.15. The minimum atomic E-state index is -0.424. The molecule has 0 bridgehead atoms. The van der Waals surface area contributed by atoms with Crippen LogP contribution in [0.1, 0.15) is 33.6 Å². The summed E-state index contributed by atoms with van der Waals surface area (Å²) in [5.41, 5.74) is 18.5. The highest BCUT2D eigenvalue weighted by atomic mass is 16.5. The Bertz CT molecular complexity index is 956. The molecule has 172 valence electrons. The lowest BCUT2D eigenvalue weighted by molar-refractivity contribution is -0.890. The van der Waals surface area contributed by atoms with Gasteiger partial charge in [-0.05, 0) is 35.3 Å². The van der Waals surface area contributed by atoms with Gasteiger partial charge in [-0.25, -0.2) is 9.59 Å². The van der Waals surface area contributed by atoms with E-state index in [0.29, 0.717) is 53.0 Å². The van der Waals surface area contributed by atoms with Crippen molar-refractivity contribution in [2.24, 2.45) is 10.2 Å². The van der Waals surface area contributed by atoms with Gasteiger partial charge in [0.2, 0.25) is 0 Å². The quantitative estimate of drug-likeness (QED) is 0.105. The molecule has 2 rings (SSSR count). The Morgan fingerprint density at radius 2 is 1.12 bits per heavy atom. The Hall–Kier alpha value is -4.04. The molecule has 0 aliphatic heterocycles. The van der Waals surface area contributed by atoms with Crippen molar-refractivity contribution in [2.45, 2.75) is 12.8 Å². The lowest BCUT2D eigenvalue weighted by Gasteiger charge is -2.29. The van der Waals surface area contributed by atoms with Crippen molar-refractivity contribution < 1.29 is 23.5 Å². The third kappa shape index (κ3) is 8.92. The largest absolute Gasteiger partial charge is 0.462 e. The van der Waals surface area contributed by atoms with Crippen LogP contribution in [0.3, 0.4) is 0 Å². The van der Waals surface area contributed by atoms with Gasteiger partial charge in [0, 0.05) is 34.0 Å². The molecule has 0 aromatic heterocycles. The number of azide groups is 2. The highest BCUT2D eigenvalue weighted by molar-refractivity contribution is 5.90. The van der Waals surface area contributed by atoms with E-state index in [0.717, 1.165) is 13.1 Å². The Balaban J connectivity index is 1.65. The maximum atomic E-state index is 12.1. The molecular weight excluding hydrogens is 426 g/mol. The minimum Gasteiger partial charge on any atom is -0.462 e. The third-order valence-corrected chi connectivity index (χ3v) is 4.81. The molecule has 33 heavy (non-hydrogen) atoms. The van der Waals surface area contributed by atoms with Crippen molar-refractivity contribution in [1.29, 1.82) is 0 Å². The zero-order chi connectivity index (χ0) is 24.1. The van der Waals surface area contributed by atoms with Gasteiger partial charge < -0.3 is 14.0 Å². The number of hydrogen-bond acceptors (Lipinski definition) is 6. The van der Waals surface area contributed by atoms with Gasteiger partial charge in [0.15, 0.2) is 0 Å². The van der Waals surface area contributed by atoms with Crippen molar-refractivity contribution in [2.75, 3.05) is 40.4 Å². The molecule has 0 aliphatic carbocycles. The van der Waals surface area contributed by atoms with E-state index in [2.05, 4.69) is 34.1 Å². The van der Waals surface area contributed by atoms with Crippen molar-refractivity contribution >= 4 is 23.3 Å². The molecule has 11 nitrogen and oxygen atoms in total. The van der Waals surface area contributed by atoms with Crippen molar-refractivity contribution in [3.05, 3.63) is 80.5 Å². The molecule has 0 heterocycles. The molecule has 0 atom stereocenters. The molecule has 0 fully saturated rings. The number of esters is 2. The van der Waals surface area contributed by atoms with Gasteiger partial charge in [0.1, 0.15) is 0 Å². The van der Waals surface area contributed by atoms with Crippen LogP contribution in [0, 0.1) is 0 Å². The predicted octanol–water partition coefficient (Wildman–Crippen LogP) is 5.44. The zero-order valence-electron chi connectivity index (χ0n) is 18.6. The van der Waals surface area contributed by atoms with Gasteiger partial charge in [-0.3, -0.25) is 0 Å². The van der Waals surface area contributed by atoms with Crippen LogP contribution in [-0.2, 0) is 9.47 Å². The first-order valence-corrected chi connectivity index (χ1v) is 10.3. The summed E-state index contributed by atoms with van der Waals surface area (Å²) >= 11 is 0. The third-order valence-electron chi connectivity index (χ3n) is 4.81. The molecule has 2 aromatic carbocycles. The molecule has 0 saturated carbocycles. The molecule has 0 radical (unpaired) electrons. The summed E-state index contributed by atoms with van der Waals surface area (Å²) in [5, 5.41) is 6.92. The van der Waals surface area contributed by atoms with Crippen molar-refractivity contribution in [3.63, 3.8) is 0 Å². The SMILES string of the molecule is C[N+](C)(CCCOC(=O)c1ccc(N=[N+]=[N-])cc1)CCCOC(=O)c1ccc(N=[N+]=[N-])cc1. The Labute approximate surface area is 191 Å². The van der Waals surface area contributed by atoms with E-state index in [1.54, 1.807) is 48.5 Å². The van der Waals surface area contributed by atoms with E-state index < -0.39 is 11.9 Å². The van der Waals surface area contributed by atoms with Crippen LogP contribution < -0.4 is 0 Å². The number of carbonyl (C=O) groups is 2. The predicted molar refractivity (Wildman–Crippen MR) is 122 cm³/mol. The van der Waals surface area contributed by atoms with E-state index in [-0.39, 0.29) is 0 Å². The van der Waals surface area contributed by atoms with E-state index in [1.165, 1.54) is 0 Å². The van der Waals surface area contributed by atoms with Gasteiger partial charge in [0.05, 0.1) is 51.5 Å². The molecule has 0 aliphatic rings. The van der Waals surface area contributed by atoms with E-state index in [1.807, 2.05) is 0 Å². The summed E-state index contributed by atoms with van der Waals surface area (Å²) in [6, 6.07) is 12.5. The van der Waals surface area contributed by atoms with Crippen LogP contribution in [0.2, 0.25) is 0 Å². The molecule has 0 unspecified atom stereocenters. The van der Waals surface area contributed by atoms with Crippen LogP contribution in [0.15, 0.2) is 58.8 Å². The standard InChI is InChI=1S/C22H26N7O4/c1-29(2,13-3-15-32-21(30)17-5-9-19(10-6-17)25-27-23)14-4-16-33-22(31)18-7-11-20(12-8-18)26-28-24/h5-12H,3-4,13-16H2,1-2H3/q+1. The number of quaternary nitrogens is 1. The monoisotopic (exact) mass is 452 g/mol. The maximum absolute atomic E-state index is 12.1. The van der Waals surface area contributed by atoms with E-state index in [4.69, 9.17) is 20.5 Å². The summed E-state index contributed by atoms with van der Waals surface area (Å²) in [6.45, 7) is 2.16. The molecule has 0 spiro atoms. The smallest absolute Gasteiger partial charge is 0.338 e. The highest BCUT2D eigenvalue weighted by Gasteiger charge is 2.16. The summed E-state index contributed by atoms with van der Waals surface area (Å²) in [7, 11) is 4.12. The molecular formula is C22H26N7O4+. The molecule has 0 saturated heterocycles. The normalized spacial score (nSPS) is 10.5. The first kappa shape index (κ1) is 25.2. The second-order valence-corrected chi connectivity index (χ2v) is 7.83. The van der Waals surface area contributed by atoms with Crippen molar-refractivity contribution in [3.8, 4) is 0 Å². The average Bonchev–Trinajstić information content (AvgIpc) is 2.81. The first-order valence-electron chi connectivity index (χ1n) is 10.3. The molecule has 0 amide bonds. The fraction of sp³-hybridized carbons (Fsp3) is 0.364. The Morgan fingerprint density at radius 1 is 0.758 bits per heavy atom. The molecule has 2 aromatic rings. The topological polar surface area (TPSA) is 150 Å². The van der Waals surface area contributed by atoms with Gasteiger partial charge in [-0.2, -0.15) is 0 Å². The summed E-state index contributed by atoms with van der Waals surface area (Å²) in [6.07, 6.45) is 1.37. The summed E-state index contributed by atoms with van der Waals surface area (Å²) < 4.78 is 11.3. The van der Waals surface area contributed by atoms with E-state index in [9.17, 15) is 9.59 Å². The van der Waals surface area contributed by atoms with Crippen LogP contribution in [0.5, 0.6) is 0 Å². The summed E-state index contributed by atoms with van der Waals surface area (Å²) in [5.74, 6) is -0.848. The van der Waals surface area contributed by atoms with Crippen LogP contribution in [-0.4, -0.2) is 56.8 Å². The molecule has 11 heteroatoms. The van der Waals surface area contributed by atoms with Gasteiger partial charge in [-0.1, -0.05) is 34.5 Å². The average molecular weight is 452 g/mol. The number of ether oxygens (including phenoxy) is 2. The second-order valence-electron chi connectivity index (χ2n) is 7.83. The van der Waals surface area contributed by atoms with Gasteiger partial charge >= 0.3 is 11.9 Å². The number of benzene rings is 2. The summed E-state index contributed by atoms with van der Waals surface area (Å²) in [4.78, 5) is 29.5. The maximum Gasteiger partial charge on any atom is 0.338 e. The fourth-order valence-electron chi connectivity index (χ4n) is 3.03. The van der Waals surface area contributed by atoms with E-state index >= 15 is 0 Å². The zero-order valence-corrected chi connectivity index (χ0v) is 18.6. The van der Waals surface area contributed by atoms with Crippen LogP contribution in [0.4, 0.5) is 11.4 Å². The van der Waals surface area contributed by atoms with Gasteiger partial charge in [-0.15, -0.1) is 0 Å². The first-order chi connectivity index (χ1) is 15.8. The number of nitrogens with zero attached hydrogens (tertiary/aromatic N) is 7. The number of hydrogen-bond donors (Lipinski definition) is 0. The van der Waals surface area contributed by atoms with Gasteiger partial charge in [0.25, 0.3) is 0 Å². The lowest BCUT2D eigenvalue weighted by Crippen LogP contribution is -2.42. The van der Waals surface area contributed by atoms with Crippen LogP contribution >= 0.6 is 0 Å². The lowest BCUT2D eigenvalue weighted by atomic mass is 10.2. The molecule has 0 N–H and O–H groups in total. The minimum absolute atomic E-state index is 0.291.